The van der Waals surface area contributed by atoms with Crippen molar-refractivity contribution in [1.29, 1.82) is 0 Å². The molecule has 5 nitrogen and oxygen atoms in total. The van der Waals surface area contributed by atoms with Crippen LogP contribution in [-0.2, 0) is 16.4 Å². The number of hydrogen-bond donors (Lipinski definition) is 2. The molecule has 0 amide bonds. The highest BCUT2D eigenvalue weighted by molar-refractivity contribution is 7.92. The van der Waals surface area contributed by atoms with Gasteiger partial charge in [-0.15, -0.1) is 0 Å². The van der Waals surface area contributed by atoms with Crippen molar-refractivity contribution in [3.8, 4) is 0 Å². The number of aryl methyl sites for hydroxylation is 1. The fourth-order valence-electron chi connectivity index (χ4n) is 2.38. The second kappa shape index (κ2) is 8.13. The van der Waals surface area contributed by atoms with Crippen LogP contribution in [0, 0.1) is 11.6 Å². The van der Waals surface area contributed by atoms with E-state index in [4.69, 9.17) is 0 Å². The van der Waals surface area contributed by atoms with Crippen molar-refractivity contribution in [3.05, 3.63) is 84.1 Å². The molecule has 0 radical (unpaired) electrons. The summed E-state index contributed by atoms with van der Waals surface area (Å²) in [5, 5.41) is 2.71. The Kier molecular flexibility index (Phi) is 5.66. The van der Waals surface area contributed by atoms with Crippen LogP contribution in [0.15, 0.2) is 66.9 Å². The lowest BCUT2D eigenvalue weighted by molar-refractivity contribution is 0.586. The van der Waals surface area contributed by atoms with Gasteiger partial charge in [0.05, 0.1) is 23.3 Å². The molecular weight excluding hydrogens is 372 g/mol. The Balaban J connectivity index is 1.61. The molecule has 1 aromatic heterocycles. The summed E-state index contributed by atoms with van der Waals surface area (Å²) < 4.78 is 53.4. The summed E-state index contributed by atoms with van der Waals surface area (Å²) in [5.74, 6) is -1.18. The average Bonchev–Trinajstić information content (AvgIpc) is 2.65. The minimum Gasteiger partial charge on any atom is -0.338 e. The predicted molar refractivity (Wildman–Crippen MR) is 101 cm³/mol. The molecule has 0 fully saturated rings. The highest BCUT2D eigenvalue weighted by Gasteiger charge is 2.11. The van der Waals surface area contributed by atoms with Crippen molar-refractivity contribution in [1.82, 2.24) is 4.98 Å². The highest BCUT2D eigenvalue weighted by atomic mass is 32.2. The van der Waals surface area contributed by atoms with Gasteiger partial charge < -0.3 is 5.32 Å². The van der Waals surface area contributed by atoms with Gasteiger partial charge in [-0.25, -0.2) is 22.2 Å². The number of anilines is 3. The summed E-state index contributed by atoms with van der Waals surface area (Å²) in [7, 11) is -3.53. The predicted octanol–water partition coefficient (Wildman–Crippen LogP) is 4.09. The summed E-state index contributed by atoms with van der Waals surface area (Å²) in [6.07, 6.45) is 1.72. The third-order valence-corrected chi connectivity index (χ3v) is 5.02. The molecule has 0 aliphatic rings. The third kappa shape index (κ3) is 5.49. The van der Waals surface area contributed by atoms with Crippen molar-refractivity contribution in [2.75, 3.05) is 15.8 Å². The number of sulfonamides is 1. The summed E-state index contributed by atoms with van der Waals surface area (Å²) >= 11 is 0. The zero-order valence-electron chi connectivity index (χ0n) is 14.2. The van der Waals surface area contributed by atoms with E-state index >= 15 is 0 Å². The van der Waals surface area contributed by atoms with Gasteiger partial charge in [0, 0.05) is 6.07 Å². The van der Waals surface area contributed by atoms with Gasteiger partial charge in [0.2, 0.25) is 10.0 Å². The molecule has 8 heteroatoms. The quantitative estimate of drug-likeness (QED) is 0.639. The Morgan fingerprint density at radius 2 is 1.74 bits per heavy atom. The Bertz CT molecular complexity index is 1010. The molecule has 0 aliphatic heterocycles. The SMILES string of the molecule is O=S(=O)(CCc1ccccc1)Nc1ccc(Nc2ccc(F)cc2F)nc1. The lowest BCUT2D eigenvalue weighted by Gasteiger charge is -2.10. The Labute approximate surface area is 156 Å². The van der Waals surface area contributed by atoms with E-state index in [9.17, 15) is 17.2 Å². The van der Waals surface area contributed by atoms with Crippen molar-refractivity contribution < 1.29 is 17.2 Å². The molecule has 27 heavy (non-hydrogen) atoms. The monoisotopic (exact) mass is 389 g/mol. The van der Waals surface area contributed by atoms with Gasteiger partial charge in [0.15, 0.2) is 0 Å². The summed E-state index contributed by atoms with van der Waals surface area (Å²) in [4.78, 5) is 4.04. The first-order valence-electron chi connectivity index (χ1n) is 8.14. The number of rotatable bonds is 7. The third-order valence-electron chi connectivity index (χ3n) is 3.73. The molecule has 0 bridgehead atoms. The lowest BCUT2D eigenvalue weighted by Crippen LogP contribution is -2.18. The molecule has 3 rings (SSSR count). The largest absolute Gasteiger partial charge is 0.338 e. The number of aromatic nitrogens is 1. The van der Waals surface area contributed by atoms with Gasteiger partial charge in [-0.1, -0.05) is 30.3 Å². The van der Waals surface area contributed by atoms with Crippen molar-refractivity contribution in [2.24, 2.45) is 0 Å². The zero-order chi connectivity index (χ0) is 19.3. The Hall–Kier alpha value is -3.00. The van der Waals surface area contributed by atoms with E-state index in [1.165, 1.54) is 24.4 Å². The van der Waals surface area contributed by atoms with E-state index in [2.05, 4.69) is 15.0 Å². The van der Waals surface area contributed by atoms with Gasteiger partial charge >= 0.3 is 0 Å². The second-order valence-corrected chi connectivity index (χ2v) is 7.68. The van der Waals surface area contributed by atoms with E-state index in [1.807, 2.05) is 30.3 Å². The van der Waals surface area contributed by atoms with Crippen LogP contribution in [0.1, 0.15) is 5.56 Å². The van der Waals surface area contributed by atoms with Gasteiger partial charge in [-0.3, -0.25) is 4.72 Å². The van der Waals surface area contributed by atoms with Gasteiger partial charge in [-0.05, 0) is 36.2 Å². The molecule has 0 saturated carbocycles. The average molecular weight is 389 g/mol. The fraction of sp³-hybridized carbons (Fsp3) is 0.105. The maximum atomic E-state index is 13.6. The number of nitrogens with one attached hydrogen (secondary N) is 2. The molecule has 0 unspecified atom stereocenters. The maximum absolute atomic E-state index is 13.6. The second-order valence-electron chi connectivity index (χ2n) is 5.84. The number of hydrogen-bond acceptors (Lipinski definition) is 4. The number of halogens is 2. The molecule has 3 aromatic rings. The molecule has 2 N–H and O–H groups in total. The number of benzene rings is 2. The summed E-state index contributed by atoms with van der Waals surface area (Å²) in [6.45, 7) is 0. The number of nitrogens with zero attached hydrogens (tertiary/aromatic N) is 1. The molecule has 0 saturated heterocycles. The minimum atomic E-state index is -3.53. The van der Waals surface area contributed by atoms with Crippen LogP contribution >= 0.6 is 0 Å². The first-order chi connectivity index (χ1) is 12.9. The van der Waals surface area contributed by atoms with Crippen LogP contribution in [0.3, 0.4) is 0 Å². The summed E-state index contributed by atoms with van der Waals surface area (Å²) in [5.41, 5.74) is 1.30. The maximum Gasteiger partial charge on any atom is 0.233 e. The fourth-order valence-corrected chi connectivity index (χ4v) is 3.47. The van der Waals surface area contributed by atoms with E-state index in [-0.39, 0.29) is 11.4 Å². The number of pyridine rings is 1. The topological polar surface area (TPSA) is 71.1 Å². The van der Waals surface area contributed by atoms with Gasteiger partial charge in [-0.2, -0.15) is 0 Å². The molecule has 2 aromatic carbocycles. The van der Waals surface area contributed by atoms with Crippen LogP contribution in [0.2, 0.25) is 0 Å². The first kappa shape index (κ1) is 18.8. The van der Waals surface area contributed by atoms with E-state index < -0.39 is 21.7 Å². The van der Waals surface area contributed by atoms with Crippen molar-refractivity contribution in [3.63, 3.8) is 0 Å². The van der Waals surface area contributed by atoms with Crippen LogP contribution in [0.25, 0.3) is 0 Å². The smallest absolute Gasteiger partial charge is 0.233 e. The van der Waals surface area contributed by atoms with Gasteiger partial charge in [0.25, 0.3) is 0 Å². The lowest BCUT2D eigenvalue weighted by atomic mass is 10.2. The highest BCUT2D eigenvalue weighted by Crippen LogP contribution is 2.20. The van der Waals surface area contributed by atoms with E-state index in [0.29, 0.717) is 17.9 Å². The van der Waals surface area contributed by atoms with Crippen molar-refractivity contribution >= 4 is 27.2 Å². The summed E-state index contributed by atoms with van der Waals surface area (Å²) in [6, 6.07) is 15.5. The normalized spacial score (nSPS) is 11.2. The molecule has 0 aliphatic carbocycles. The van der Waals surface area contributed by atoms with Crippen LogP contribution in [0.4, 0.5) is 26.0 Å². The molecule has 1 heterocycles. The van der Waals surface area contributed by atoms with Crippen LogP contribution < -0.4 is 10.0 Å². The molecular formula is C19H17F2N3O2S. The molecule has 0 atom stereocenters. The van der Waals surface area contributed by atoms with Gasteiger partial charge in [0.1, 0.15) is 17.5 Å². The molecule has 0 spiro atoms. The van der Waals surface area contributed by atoms with E-state index in [0.717, 1.165) is 17.7 Å². The molecule has 140 valence electrons. The standard InChI is InChI=1S/C19H17F2N3O2S/c20-15-6-8-18(17(21)12-15)23-19-9-7-16(13-22-19)24-27(25,26)11-10-14-4-2-1-3-5-14/h1-9,12-13,24H,10-11H2,(H,22,23). The minimum absolute atomic E-state index is 0.0577. The van der Waals surface area contributed by atoms with E-state index in [1.54, 1.807) is 0 Å². The van der Waals surface area contributed by atoms with Crippen LogP contribution in [0.5, 0.6) is 0 Å². The van der Waals surface area contributed by atoms with Crippen molar-refractivity contribution in [2.45, 2.75) is 6.42 Å². The Morgan fingerprint density at radius 1 is 0.963 bits per heavy atom. The zero-order valence-corrected chi connectivity index (χ0v) is 15.0. The Morgan fingerprint density at radius 3 is 2.41 bits per heavy atom. The van der Waals surface area contributed by atoms with Crippen LogP contribution in [-0.4, -0.2) is 19.2 Å². The first-order valence-corrected chi connectivity index (χ1v) is 9.79.